The normalized spacial score (nSPS) is 15.4. The highest BCUT2D eigenvalue weighted by Crippen LogP contribution is 2.23. The summed E-state index contributed by atoms with van der Waals surface area (Å²) in [5, 5.41) is 12.9. The summed E-state index contributed by atoms with van der Waals surface area (Å²) in [6.45, 7) is 4.94. The van der Waals surface area contributed by atoms with Crippen LogP contribution in [0.2, 0.25) is 0 Å². The first kappa shape index (κ1) is 17.6. The molecule has 0 aliphatic heterocycles. The number of ether oxygens (including phenoxy) is 2. The molecule has 2 atom stereocenters. The Hall–Kier alpha value is -1.43. The smallest absolute Gasteiger partial charge is 0.331 e. The molecule has 0 aliphatic carbocycles. The first-order chi connectivity index (χ1) is 10.1. The number of hydrogen-bond acceptors (Lipinski definition) is 4. The predicted octanol–water partition coefficient (Wildman–Crippen LogP) is 2.02. The number of carbonyl (C=O) groups is 1. The zero-order chi connectivity index (χ0) is 15.7. The second kappa shape index (κ2) is 8.77. The third-order valence-corrected chi connectivity index (χ3v) is 3.29. The number of methoxy groups -OCH3 is 1. The molecule has 0 saturated heterocycles. The van der Waals surface area contributed by atoms with Gasteiger partial charge in [0.1, 0.15) is 0 Å². The summed E-state index contributed by atoms with van der Waals surface area (Å²) in [7, 11) is 1.59. The summed E-state index contributed by atoms with van der Waals surface area (Å²) >= 11 is 0. The van der Waals surface area contributed by atoms with Crippen molar-refractivity contribution in [1.29, 1.82) is 0 Å². The molecule has 118 valence electrons. The maximum atomic E-state index is 11.9. The molecule has 0 fully saturated rings. The van der Waals surface area contributed by atoms with Crippen molar-refractivity contribution in [3.8, 4) is 0 Å². The summed E-state index contributed by atoms with van der Waals surface area (Å²) in [5.41, 5.74) is -0.546. The van der Waals surface area contributed by atoms with E-state index in [4.69, 9.17) is 9.47 Å². The van der Waals surface area contributed by atoms with Crippen molar-refractivity contribution in [3.63, 3.8) is 0 Å². The highest BCUT2D eigenvalue weighted by molar-refractivity contribution is 5.81. The van der Waals surface area contributed by atoms with Gasteiger partial charge in [0.05, 0.1) is 19.3 Å². The van der Waals surface area contributed by atoms with Gasteiger partial charge in [0.15, 0.2) is 5.54 Å². The Balaban J connectivity index is 2.99. The second-order valence-electron chi connectivity index (χ2n) is 5.08. The minimum atomic E-state index is -1.24. The monoisotopic (exact) mass is 295 g/mol. The first-order valence-corrected chi connectivity index (χ1v) is 7.21. The topological polar surface area (TPSA) is 67.8 Å². The lowest BCUT2D eigenvalue weighted by Gasteiger charge is -2.32. The predicted molar refractivity (Wildman–Crippen MR) is 81.3 cm³/mol. The third kappa shape index (κ3) is 4.81. The molecule has 0 heterocycles. The van der Waals surface area contributed by atoms with E-state index in [0.717, 1.165) is 6.42 Å². The molecule has 5 nitrogen and oxygen atoms in total. The molecular weight excluding hydrogens is 270 g/mol. The summed E-state index contributed by atoms with van der Waals surface area (Å²) in [4.78, 5) is 11.9. The molecule has 1 aromatic carbocycles. The highest BCUT2D eigenvalue weighted by Gasteiger charge is 2.40. The fourth-order valence-corrected chi connectivity index (χ4v) is 2.11. The van der Waals surface area contributed by atoms with Gasteiger partial charge in [-0.05, 0) is 25.5 Å². The Morgan fingerprint density at radius 3 is 2.57 bits per heavy atom. The van der Waals surface area contributed by atoms with Crippen LogP contribution in [0.25, 0.3) is 0 Å². The molecule has 0 radical (unpaired) electrons. The Bertz CT molecular complexity index is 424. The maximum Gasteiger partial charge on any atom is 0.331 e. The molecule has 2 unspecified atom stereocenters. The van der Waals surface area contributed by atoms with E-state index in [9.17, 15) is 9.90 Å². The molecular formula is C16H25NO4. The van der Waals surface area contributed by atoms with Crippen molar-refractivity contribution in [2.75, 3.05) is 26.9 Å². The van der Waals surface area contributed by atoms with Crippen LogP contribution in [0, 0.1) is 0 Å². The number of rotatable bonds is 10. The lowest BCUT2D eigenvalue weighted by molar-refractivity contribution is -0.150. The van der Waals surface area contributed by atoms with Crippen LogP contribution in [0.4, 0.5) is 0 Å². The zero-order valence-corrected chi connectivity index (χ0v) is 13.0. The highest BCUT2D eigenvalue weighted by atomic mass is 16.5. The van der Waals surface area contributed by atoms with Crippen molar-refractivity contribution >= 4 is 5.97 Å². The lowest BCUT2D eigenvalue weighted by atomic mass is 9.90. The zero-order valence-electron chi connectivity index (χ0n) is 13.0. The van der Waals surface area contributed by atoms with Gasteiger partial charge in [0, 0.05) is 7.11 Å². The van der Waals surface area contributed by atoms with E-state index in [2.05, 4.69) is 5.32 Å². The van der Waals surface area contributed by atoms with Gasteiger partial charge in [0.2, 0.25) is 0 Å². The molecule has 0 aromatic heterocycles. The van der Waals surface area contributed by atoms with E-state index in [1.54, 1.807) is 19.2 Å². The van der Waals surface area contributed by atoms with E-state index >= 15 is 0 Å². The van der Waals surface area contributed by atoms with Crippen LogP contribution >= 0.6 is 0 Å². The molecule has 0 bridgehead atoms. The van der Waals surface area contributed by atoms with Gasteiger partial charge >= 0.3 is 5.97 Å². The maximum absolute atomic E-state index is 11.9. The number of aliphatic carboxylic acids is 1. The number of carboxylic acid groups (broad SMARTS) is 1. The van der Waals surface area contributed by atoms with Crippen molar-refractivity contribution < 1.29 is 19.4 Å². The minimum Gasteiger partial charge on any atom is -0.480 e. The van der Waals surface area contributed by atoms with E-state index in [-0.39, 0.29) is 12.7 Å². The largest absolute Gasteiger partial charge is 0.480 e. The van der Waals surface area contributed by atoms with Crippen LogP contribution < -0.4 is 5.32 Å². The molecule has 1 rings (SSSR count). The third-order valence-electron chi connectivity index (χ3n) is 3.29. The van der Waals surface area contributed by atoms with Crippen molar-refractivity contribution in [3.05, 3.63) is 35.9 Å². The Morgan fingerprint density at radius 1 is 1.38 bits per heavy atom. The number of nitrogens with one attached hydrogen (secondary N) is 1. The molecule has 2 N–H and O–H groups in total. The van der Waals surface area contributed by atoms with E-state index in [1.165, 1.54) is 0 Å². The average Bonchev–Trinajstić information content (AvgIpc) is 2.48. The fourth-order valence-electron chi connectivity index (χ4n) is 2.11. The van der Waals surface area contributed by atoms with Gasteiger partial charge < -0.3 is 14.6 Å². The van der Waals surface area contributed by atoms with Crippen molar-refractivity contribution in [2.45, 2.75) is 31.9 Å². The molecule has 5 heteroatoms. The second-order valence-corrected chi connectivity index (χ2v) is 5.08. The van der Waals surface area contributed by atoms with Crippen LogP contribution in [0.1, 0.15) is 25.8 Å². The summed E-state index contributed by atoms with van der Waals surface area (Å²) in [6, 6.07) is 9.14. The molecule has 0 saturated carbocycles. The van der Waals surface area contributed by atoms with Crippen LogP contribution in [0.5, 0.6) is 0 Å². The van der Waals surface area contributed by atoms with Gasteiger partial charge in [-0.25, -0.2) is 4.79 Å². The molecule has 0 spiro atoms. The quantitative estimate of drug-likeness (QED) is 0.691. The van der Waals surface area contributed by atoms with Crippen LogP contribution in [0.3, 0.4) is 0 Å². The van der Waals surface area contributed by atoms with Crippen molar-refractivity contribution in [1.82, 2.24) is 5.32 Å². The van der Waals surface area contributed by atoms with Crippen LogP contribution in [0.15, 0.2) is 30.3 Å². The van der Waals surface area contributed by atoms with E-state index in [0.29, 0.717) is 18.7 Å². The minimum absolute atomic E-state index is 0.0525. The van der Waals surface area contributed by atoms with Gasteiger partial charge in [0.25, 0.3) is 0 Å². The molecule has 21 heavy (non-hydrogen) atoms. The summed E-state index contributed by atoms with van der Waals surface area (Å²) < 4.78 is 10.7. The molecule has 0 amide bonds. The van der Waals surface area contributed by atoms with E-state index in [1.807, 2.05) is 32.0 Å². The average molecular weight is 295 g/mol. The summed E-state index contributed by atoms with van der Waals surface area (Å²) in [5.74, 6) is -0.938. The standard InChI is InChI=1S/C16H25NO4/c1-4-10-17-16(15(18)19,12-21-13(2)11-20-3)14-8-6-5-7-9-14/h5-9,13,17H,4,10-12H2,1-3H3,(H,18,19). The van der Waals surface area contributed by atoms with Gasteiger partial charge in [-0.2, -0.15) is 0 Å². The first-order valence-electron chi connectivity index (χ1n) is 7.21. The molecule has 0 aliphatic rings. The summed E-state index contributed by atoms with van der Waals surface area (Å²) in [6.07, 6.45) is 0.677. The fraction of sp³-hybridized carbons (Fsp3) is 0.562. The van der Waals surface area contributed by atoms with Crippen LogP contribution in [-0.2, 0) is 19.8 Å². The Kier molecular flexibility index (Phi) is 7.36. The molecule has 1 aromatic rings. The number of benzene rings is 1. The number of carboxylic acids is 1. The number of hydrogen-bond donors (Lipinski definition) is 2. The van der Waals surface area contributed by atoms with Crippen LogP contribution in [-0.4, -0.2) is 44.0 Å². The van der Waals surface area contributed by atoms with Gasteiger partial charge in [-0.1, -0.05) is 37.3 Å². The lowest BCUT2D eigenvalue weighted by Crippen LogP contribution is -2.53. The van der Waals surface area contributed by atoms with E-state index < -0.39 is 11.5 Å². The Morgan fingerprint density at radius 2 is 2.05 bits per heavy atom. The SMILES string of the molecule is CCCNC(COC(C)COC)(C(=O)O)c1ccccc1. The Labute approximate surface area is 126 Å². The van der Waals surface area contributed by atoms with Gasteiger partial charge in [-0.15, -0.1) is 0 Å². The van der Waals surface area contributed by atoms with Gasteiger partial charge in [-0.3, -0.25) is 5.32 Å². The van der Waals surface area contributed by atoms with Crippen molar-refractivity contribution in [2.24, 2.45) is 0 Å².